The Balaban J connectivity index is 1.92. The van der Waals surface area contributed by atoms with Gasteiger partial charge >= 0.3 is 0 Å². The van der Waals surface area contributed by atoms with Gasteiger partial charge in [0.15, 0.2) is 0 Å². The van der Waals surface area contributed by atoms with Gasteiger partial charge in [-0.2, -0.15) is 0 Å². The van der Waals surface area contributed by atoms with Crippen LogP contribution in [-0.2, 0) is 4.79 Å². The van der Waals surface area contributed by atoms with Crippen molar-refractivity contribution in [2.45, 2.75) is 25.4 Å². The third-order valence-electron chi connectivity index (χ3n) is 4.12. The molecule has 21 heavy (non-hydrogen) atoms. The predicted molar refractivity (Wildman–Crippen MR) is 86.7 cm³/mol. The van der Waals surface area contributed by atoms with Crippen molar-refractivity contribution in [1.29, 1.82) is 0 Å². The summed E-state index contributed by atoms with van der Waals surface area (Å²) in [6, 6.07) is 19.3. The number of carbonyl (C=O) groups excluding carboxylic acids is 1. The van der Waals surface area contributed by atoms with Gasteiger partial charge in [-0.15, -0.1) is 0 Å². The first kappa shape index (κ1) is 13.7. The Labute approximate surface area is 125 Å². The Morgan fingerprint density at radius 1 is 1.14 bits per heavy atom. The third kappa shape index (κ3) is 2.77. The first-order valence-corrected chi connectivity index (χ1v) is 7.40. The predicted octanol–water partition coefficient (Wildman–Crippen LogP) is 3.64. The zero-order valence-electron chi connectivity index (χ0n) is 12.2. The van der Waals surface area contributed by atoms with Gasteiger partial charge in [-0.05, 0) is 37.1 Å². The van der Waals surface area contributed by atoms with Crippen molar-refractivity contribution in [2.75, 3.05) is 16.8 Å². The summed E-state index contributed by atoms with van der Waals surface area (Å²) in [7, 11) is 0. The molecule has 108 valence electrons. The fourth-order valence-corrected chi connectivity index (χ4v) is 3.11. The zero-order chi connectivity index (χ0) is 14.7. The molecule has 3 heteroatoms. The van der Waals surface area contributed by atoms with E-state index in [1.54, 1.807) is 0 Å². The minimum absolute atomic E-state index is 0.279. The van der Waals surface area contributed by atoms with Gasteiger partial charge in [0.1, 0.15) is 6.29 Å². The molecule has 0 aromatic heterocycles. The highest BCUT2D eigenvalue weighted by molar-refractivity contribution is 5.67. The van der Waals surface area contributed by atoms with E-state index < -0.39 is 0 Å². The summed E-state index contributed by atoms with van der Waals surface area (Å²) >= 11 is 0. The maximum Gasteiger partial charge on any atom is 0.139 e. The normalized spacial score (nSPS) is 20.7. The molecule has 1 heterocycles. The molecule has 0 aliphatic carbocycles. The van der Waals surface area contributed by atoms with Crippen LogP contribution in [-0.4, -0.2) is 18.9 Å². The number of benzene rings is 2. The molecule has 1 N–H and O–H groups in total. The molecular formula is C18H20N2O. The molecule has 3 rings (SSSR count). The van der Waals surface area contributed by atoms with Crippen molar-refractivity contribution in [3.63, 3.8) is 0 Å². The van der Waals surface area contributed by atoms with Crippen molar-refractivity contribution < 1.29 is 4.79 Å². The van der Waals surface area contributed by atoms with Crippen molar-refractivity contribution in [3.05, 3.63) is 60.2 Å². The van der Waals surface area contributed by atoms with Gasteiger partial charge in [0.2, 0.25) is 0 Å². The first-order valence-electron chi connectivity index (χ1n) is 7.40. The van der Waals surface area contributed by atoms with Crippen LogP contribution < -0.4 is 10.2 Å². The first-order chi connectivity index (χ1) is 10.3. The number of nitrogens with one attached hydrogen (secondary N) is 1. The second kappa shape index (κ2) is 6.00. The number of aldehydes is 1. The van der Waals surface area contributed by atoms with E-state index >= 15 is 0 Å². The van der Waals surface area contributed by atoms with E-state index in [-0.39, 0.29) is 6.04 Å². The second-order valence-corrected chi connectivity index (χ2v) is 5.53. The summed E-state index contributed by atoms with van der Waals surface area (Å²) in [6.07, 6.45) is 1.97. The van der Waals surface area contributed by atoms with Crippen molar-refractivity contribution in [1.82, 2.24) is 0 Å². The molecule has 0 fully saturated rings. The lowest BCUT2D eigenvalue weighted by Crippen LogP contribution is -2.41. The molecule has 0 saturated heterocycles. The molecule has 0 unspecified atom stereocenters. The van der Waals surface area contributed by atoms with E-state index in [1.807, 2.05) is 24.3 Å². The minimum atomic E-state index is 0.279. The summed E-state index contributed by atoms with van der Waals surface area (Å²) < 4.78 is 0. The second-order valence-electron chi connectivity index (χ2n) is 5.53. The Hall–Kier alpha value is -2.29. The number of rotatable bonds is 4. The van der Waals surface area contributed by atoms with Gasteiger partial charge in [-0.3, -0.25) is 0 Å². The van der Waals surface area contributed by atoms with E-state index in [2.05, 4.69) is 47.5 Å². The summed E-state index contributed by atoms with van der Waals surface area (Å²) in [6.45, 7) is 2.63. The third-order valence-corrected chi connectivity index (χ3v) is 4.12. The lowest BCUT2D eigenvalue weighted by molar-refractivity contribution is -0.106. The van der Waals surface area contributed by atoms with Crippen LogP contribution in [0.5, 0.6) is 0 Å². The molecular weight excluding hydrogens is 260 g/mol. The quantitative estimate of drug-likeness (QED) is 0.868. The van der Waals surface area contributed by atoms with Gasteiger partial charge in [-0.1, -0.05) is 36.4 Å². The molecule has 2 atom stereocenters. The van der Waals surface area contributed by atoms with Crippen LogP contribution in [0.2, 0.25) is 0 Å². The fraction of sp³-hybridized carbons (Fsp3) is 0.278. The summed E-state index contributed by atoms with van der Waals surface area (Å²) in [5, 5.41) is 3.62. The van der Waals surface area contributed by atoms with Crippen LogP contribution in [0.25, 0.3) is 0 Å². The number of hydrogen-bond donors (Lipinski definition) is 1. The molecule has 3 nitrogen and oxygen atoms in total. The summed E-state index contributed by atoms with van der Waals surface area (Å²) in [5.41, 5.74) is 3.56. The van der Waals surface area contributed by atoms with Crippen molar-refractivity contribution >= 4 is 17.7 Å². The topological polar surface area (TPSA) is 32.3 Å². The molecule has 1 aliphatic rings. The van der Waals surface area contributed by atoms with Crippen LogP contribution >= 0.6 is 0 Å². The van der Waals surface area contributed by atoms with Gasteiger partial charge in [0.25, 0.3) is 0 Å². The Bertz CT molecular complexity index is 612. The highest BCUT2D eigenvalue weighted by Gasteiger charge is 2.29. The average Bonchev–Trinajstić information content (AvgIpc) is 2.52. The molecule has 0 radical (unpaired) electrons. The van der Waals surface area contributed by atoms with Crippen LogP contribution in [0.15, 0.2) is 54.6 Å². The van der Waals surface area contributed by atoms with Crippen LogP contribution in [0.4, 0.5) is 11.4 Å². The minimum Gasteiger partial charge on any atom is -0.378 e. The molecule has 0 saturated carbocycles. The summed E-state index contributed by atoms with van der Waals surface area (Å²) in [4.78, 5) is 13.1. The molecule has 0 amide bonds. The Morgan fingerprint density at radius 3 is 2.62 bits per heavy atom. The van der Waals surface area contributed by atoms with Crippen LogP contribution in [0.3, 0.4) is 0 Å². The number of fused-ring (bicyclic) bond motifs is 1. The average molecular weight is 280 g/mol. The lowest BCUT2D eigenvalue weighted by Gasteiger charge is -2.40. The number of carbonyl (C=O) groups is 1. The standard InChI is InChI=1S/C18H20N2O/c1-14-13-17(19-15-7-3-2-4-8-15)16-9-5-6-10-18(16)20(14)11-12-21/h2-10,12,14,17,19H,11,13H2,1H3/t14-,17+/m1/s1. The number of para-hydroxylation sites is 2. The highest BCUT2D eigenvalue weighted by atomic mass is 16.1. The lowest BCUT2D eigenvalue weighted by atomic mass is 9.91. The monoisotopic (exact) mass is 280 g/mol. The maximum atomic E-state index is 10.9. The number of anilines is 2. The Kier molecular flexibility index (Phi) is 3.91. The van der Waals surface area contributed by atoms with Gasteiger partial charge < -0.3 is 15.0 Å². The molecule has 1 aliphatic heterocycles. The summed E-state index contributed by atoms with van der Waals surface area (Å²) in [5.74, 6) is 0. The highest BCUT2D eigenvalue weighted by Crippen LogP contribution is 2.38. The smallest absolute Gasteiger partial charge is 0.139 e. The van der Waals surface area contributed by atoms with E-state index in [1.165, 1.54) is 5.56 Å². The van der Waals surface area contributed by atoms with E-state index in [0.29, 0.717) is 12.6 Å². The van der Waals surface area contributed by atoms with E-state index in [0.717, 1.165) is 24.1 Å². The van der Waals surface area contributed by atoms with Crippen molar-refractivity contribution in [2.24, 2.45) is 0 Å². The molecule has 0 bridgehead atoms. The van der Waals surface area contributed by atoms with Crippen LogP contribution in [0.1, 0.15) is 24.9 Å². The van der Waals surface area contributed by atoms with Gasteiger partial charge in [0, 0.05) is 17.4 Å². The molecule has 2 aromatic rings. The van der Waals surface area contributed by atoms with Gasteiger partial charge in [-0.25, -0.2) is 0 Å². The fourth-order valence-electron chi connectivity index (χ4n) is 3.11. The van der Waals surface area contributed by atoms with E-state index in [4.69, 9.17) is 0 Å². The maximum absolute atomic E-state index is 10.9. The SMILES string of the molecule is C[C@@H]1C[C@H](Nc2ccccc2)c2ccccc2N1CC=O. The van der Waals surface area contributed by atoms with Crippen molar-refractivity contribution in [3.8, 4) is 0 Å². The molecule has 2 aromatic carbocycles. The Morgan fingerprint density at radius 2 is 1.86 bits per heavy atom. The van der Waals surface area contributed by atoms with Gasteiger partial charge in [0.05, 0.1) is 12.6 Å². The van der Waals surface area contributed by atoms with Crippen LogP contribution in [0, 0.1) is 0 Å². The number of hydrogen-bond acceptors (Lipinski definition) is 3. The van der Waals surface area contributed by atoms with E-state index in [9.17, 15) is 4.79 Å². The number of nitrogens with zero attached hydrogens (tertiary/aromatic N) is 1. The zero-order valence-corrected chi connectivity index (χ0v) is 12.2. The largest absolute Gasteiger partial charge is 0.378 e. The molecule has 0 spiro atoms.